The lowest BCUT2D eigenvalue weighted by atomic mass is 10.1. The first kappa shape index (κ1) is 27.8. The smallest absolute Gasteiger partial charge is 0.331 e. The molecule has 1 unspecified atom stereocenters. The number of hydrogen-bond acceptors (Lipinski definition) is 7. The van der Waals surface area contributed by atoms with Gasteiger partial charge in [0.2, 0.25) is 5.91 Å². The summed E-state index contributed by atoms with van der Waals surface area (Å²) in [5, 5.41) is 6.54. The largest absolute Gasteiger partial charge is 0.457 e. The van der Waals surface area contributed by atoms with E-state index in [0.29, 0.717) is 63.2 Å². The van der Waals surface area contributed by atoms with Crippen LogP contribution in [0.3, 0.4) is 0 Å². The Morgan fingerprint density at radius 3 is 2.67 bits per heavy atom. The number of hydrogen-bond donors (Lipinski definition) is 3. The van der Waals surface area contributed by atoms with Gasteiger partial charge in [0.1, 0.15) is 21.2 Å². The Kier molecular flexibility index (Phi) is 7.62. The number of likely N-dealkylation sites (tertiary alicyclic amines) is 1. The average molecular weight is 606 g/mol. The third kappa shape index (κ3) is 5.45. The maximum absolute atomic E-state index is 13.5. The molecule has 0 radical (unpaired) electrons. The first-order chi connectivity index (χ1) is 20.3. The summed E-state index contributed by atoms with van der Waals surface area (Å²) in [6.45, 7) is 2.63. The van der Waals surface area contributed by atoms with Crippen LogP contribution in [0.15, 0.2) is 60.8 Å². The lowest BCUT2D eigenvalue weighted by Gasteiger charge is -2.39. The minimum atomic E-state index is -1.92. The molecule has 2 aromatic carbocycles. The number of aryl methyl sites for hydroxylation is 1. The standard InChI is InChI=1S/C29H27N5O6S2/c1-17-14-20(40-19-6-3-2-4-7-19)9-10-21(17)34-22-11-12-30-28-24(22)25(32-29(34)37)26(41-28)27(36)31-18-15-33(16-18)23(35)8-5-13-42(38)39/h2-4,6-7,9-12,14,18H,5,8,13,15-16H2,1H3,(H,31,36)(H,32,37)(H,38,39). The van der Waals surface area contributed by atoms with Gasteiger partial charge in [0, 0.05) is 31.5 Å². The predicted molar refractivity (Wildman–Crippen MR) is 161 cm³/mol. The molecule has 2 aliphatic rings. The zero-order valence-corrected chi connectivity index (χ0v) is 24.2. The molecule has 0 aliphatic carbocycles. The molecule has 0 spiro atoms. The highest BCUT2D eigenvalue weighted by Crippen LogP contribution is 2.46. The second-order valence-electron chi connectivity index (χ2n) is 10.0. The number of ether oxygens (including phenoxy) is 1. The van der Waals surface area contributed by atoms with Gasteiger partial charge in [0.05, 0.1) is 28.5 Å². The van der Waals surface area contributed by atoms with E-state index in [2.05, 4.69) is 15.6 Å². The van der Waals surface area contributed by atoms with Crippen LogP contribution >= 0.6 is 11.3 Å². The maximum atomic E-state index is 13.5. The molecule has 3 N–H and O–H groups in total. The van der Waals surface area contributed by atoms with Crippen molar-refractivity contribution in [1.29, 1.82) is 0 Å². The van der Waals surface area contributed by atoms with Gasteiger partial charge in [0.25, 0.3) is 5.91 Å². The fourth-order valence-electron chi connectivity index (χ4n) is 5.08. The number of para-hydroxylation sites is 1. The molecule has 4 amide bonds. The molecule has 0 saturated carbocycles. The molecular formula is C29H27N5O6S2. The topological polar surface area (TPSA) is 141 Å². The molecule has 2 aromatic heterocycles. The average Bonchev–Trinajstić information content (AvgIpc) is 3.31. The summed E-state index contributed by atoms with van der Waals surface area (Å²) in [6, 6.07) is 16.1. The molecule has 4 aromatic rings. The minimum absolute atomic E-state index is 0.0567. The van der Waals surface area contributed by atoms with Crippen molar-refractivity contribution >= 4 is 67.5 Å². The molecule has 11 nitrogen and oxygen atoms in total. The molecule has 6 rings (SSSR count). The number of urea groups is 1. The van der Waals surface area contributed by atoms with Crippen molar-refractivity contribution in [2.24, 2.45) is 0 Å². The number of carbonyl (C=O) groups excluding carboxylic acids is 3. The van der Waals surface area contributed by atoms with Crippen LogP contribution in [0.5, 0.6) is 11.5 Å². The van der Waals surface area contributed by atoms with Crippen LogP contribution in [0.4, 0.5) is 21.9 Å². The first-order valence-corrected chi connectivity index (χ1v) is 15.4. The zero-order chi connectivity index (χ0) is 29.4. The number of carbonyl (C=O) groups is 3. The Hall–Kier alpha value is -4.33. The van der Waals surface area contributed by atoms with Crippen molar-refractivity contribution in [3.8, 4) is 11.5 Å². The van der Waals surface area contributed by atoms with Gasteiger partial charge in [-0.05, 0) is 55.3 Å². The number of thiophene rings is 1. The van der Waals surface area contributed by atoms with E-state index in [1.807, 2.05) is 55.5 Å². The lowest BCUT2D eigenvalue weighted by molar-refractivity contribution is -0.135. The highest BCUT2D eigenvalue weighted by atomic mass is 32.2. The number of rotatable bonds is 9. The van der Waals surface area contributed by atoms with E-state index < -0.39 is 17.1 Å². The fraction of sp³-hybridized carbons (Fsp3) is 0.241. The van der Waals surface area contributed by atoms with Crippen LogP contribution in [0, 0.1) is 6.92 Å². The SMILES string of the molecule is Cc1cc(Oc2ccccc2)ccc1N1C(=O)Nc2c(C(=O)NC3CN(C(=O)CCCS(=O)O)C3)sc3nccc1c23. The van der Waals surface area contributed by atoms with Crippen molar-refractivity contribution in [2.45, 2.75) is 25.8 Å². The number of aromatic nitrogens is 1. The van der Waals surface area contributed by atoms with E-state index in [-0.39, 0.29) is 30.0 Å². The van der Waals surface area contributed by atoms with Gasteiger partial charge in [-0.1, -0.05) is 18.2 Å². The normalized spacial score (nSPS) is 15.2. The molecule has 42 heavy (non-hydrogen) atoms. The lowest BCUT2D eigenvalue weighted by Crippen LogP contribution is -2.60. The van der Waals surface area contributed by atoms with Gasteiger partial charge < -0.3 is 24.8 Å². The van der Waals surface area contributed by atoms with Crippen molar-refractivity contribution in [3.63, 3.8) is 0 Å². The van der Waals surface area contributed by atoms with E-state index >= 15 is 0 Å². The monoisotopic (exact) mass is 605 g/mol. The van der Waals surface area contributed by atoms with Crippen molar-refractivity contribution in [1.82, 2.24) is 15.2 Å². The van der Waals surface area contributed by atoms with Crippen LogP contribution < -0.4 is 20.3 Å². The quantitative estimate of drug-likeness (QED) is 0.228. The number of nitrogens with zero attached hydrogens (tertiary/aromatic N) is 3. The summed E-state index contributed by atoms with van der Waals surface area (Å²) >= 11 is -0.720. The summed E-state index contributed by atoms with van der Waals surface area (Å²) in [4.78, 5) is 47.6. The highest BCUT2D eigenvalue weighted by Gasteiger charge is 2.36. The Balaban J connectivity index is 1.19. The summed E-state index contributed by atoms with van der Waals surface area (Å²) in [5.41, 5.74) is 2.54. The molecule has 2 aliphatic heterocycles. The third-order valence-electron chi connectivity index (χ3n) is 7.12. The second-order valence-corrected chi connectivity index (χ2v) is 12.1. The number of benzene rings is 2. The van der Waals surface area contributed by atoms with Gasteiger partial charge in [0.15, 0.2) is 11.1 Å². The zero-order valence-electron chi connectivity index (χ0n) is 22.5. The minimum Gasteiger partial charge on any atom is -0.457 e. The Morgan fingerprint density at radius 2 is 1.93 bits per heavy atom. The van der Waals surface area contributed by atoms with Crippen LogP contribution in [-0.4, -0.2) is 61.4 Å². The fourth-order valence-corrected chi connectivity index (χ4v) is 6.49. The Morgan fingerprint density at radius 1 is 1.14 bits per heavy atom. The van der Waals surface area contributed by atoms with Crippen molar-refractivity contribution in [3.05, 3.63) is 71.2 Å². The van der Waals surface area contributed by atoms with Gasteiger partial charge in [-0.3, -0.25) is 14.5 Å². The Labute approximate surface area is 247 Å². The predicted octanol–water partition coefficient (Wildman–Crippen LogP) is 5.02. The Bertz CT molecular complexity index is 1720. The van der Waals surface area contributed by atoms with Crippen LogP contribution in [0.2, 0.25) is 0 Å². The summed E-state index contributed by atoms with van der Waals surface area (Å²) < 4.78 is 25.6. The molecular weight excluding hydrogens is 578 g/mol. The van der Waals surface area contributed by atoms with Crippen LogP contribution in [0.1, 0.15) is 28.1 Å². The number of amides is 4. The highest BCUT2D eigenvalue weighted by molar-refractivity contribution is 7.79. The van der Waals surface area contributed by atoms with Crippen LogP contribution in [-0.2, 0) is 15.9 Å². The van der Waals surface area contributed by atoms with Crippen LogP contribution in [0.25, 0.3) is 10.2 Å². The van der Waals surface area contributed by atoms with Crippen molar-refractivity contribution < 1.29 is 27.9 Å². The van der Waals surface area contributed by atoms with E-state index in [0.717, 1.165) is 5.56 Å². The molecule has 0 bridgehead atoms. The van der Waals surface area contributed by atoms with E-state index in [9.17, 15) is 18.6 Å². The molecule has 1 fully saturated rings. The van der Waals surface area contributed by atoms with Gasteiger partial charge in [-0.15, -0.1) is 11.3 Å². The second kappa shape index (κ2) is 11.5. The van der Waals surface area contributed by atoms with Gasteiger partial charge in [-0.25, -0.2) is 14.0 Å². The van der Waals surface area contributed by atoms with Gasteiger partial charge in [-0.2, -0.15) is 0 Å². The number of pyridine rings is 1. The molecule has 1 saturated heterocycles. The first-order valence-electron chi connectivity index (χ1n) is 13.3. The molecule has 216 valence electrons. The molecule has 13 heteroatoms. The van der Waals surface area contributed by atoms with Gasteiger partial charge >= 0.3 is 6.03 Å². The van der Waals surface area contributed by atoms with Crippen molar-refractivity contribution in [2.75, 3.05) is 29.1 Å². The summed E-state index contributed by atoms with van der Waals surface area (Å²) in [5.74, 6) is 0.954. The van der Waals surface area contributed by atoms with E-state index in [1.54, 1.807) is 22.1 Å². The third-order valence-corrected chi connectivity index (χ3v) is 8.85. The summed E-state index contributed by atoms with van der Waals surface area (Å²) in [6.07, 6.45) is 2.14. The number of nitrogens with one attached hydrogen (secondary N) is 2. The molecule has 4 heterocycles. The maximum Gasteiger partial charge on any atom is 0.331 e. The molecule has 1 atom stereocenters. The van der Waals surface area contributed by atoms with E-state index in [1.165, 1.54) is 11.3 Å². The summed E-state index contributed by atoms with van der Waals surface area (Å²) in [7, 11) is 0. The van der Waals surface area contributed by atoms with E-state index in [4.69, 9.17) is 9.29 Å². The number of anilines is 3.